The Morgan fingerprint density at radius 3 is 2.39 bits per heavy atom. The summed E-state index contributed by atoms with van der Waals surface area (Å²) in [5, 5.41) is 3.69. The quantitative estimate of drug-likeness (QED) is 0.454. The lowest BCUT2D eigenvalue weighted by Crippen LogP contribution is -2.49. The third-order valence-corrected chi connectivity index (χ3v) is 8.02. The summed E-state index contributed by atoms with van der Waals surface area (Å²) in [6.45, 7) is 4.09. The van der Waals surface area contributed by atoms with E-state index in [0.29, 0.717) is 17.1 Å². The molecule has 0 aliphatic heterocycles. The molecule has 1 aliphatic rings. The molecule has 0 bridgehead atoms. The Hall–Kier alpha value is -2.58. The molecule has 0 unspecified atom stereocenters. The number of amides is 2. The maximum absolute atomic E-state index is 13.4. The third kappa shape index (κ3) is 7.96. The van der Waals surface area contributed by atoms with Crippen LogP contribution in [0.25, 0.3) is 0 Å². The second kappa shape index (κ2) is 12.6. The minimum atomic E-state index is -3.52. The molecule has 1 N–H and O–H groups in total. The van der Waals surface area contributed by atoms with Crippen molar-refractivity contribution in [3.05, 3.63) is 64.7 Å². The van der Waals surface area contributed by atoms with Crippen molar-refractivity contribution in [1.29, 1.82) is 0 Å². The second-order valence-electron chi connectivity index (χ2n) is 9.59. The number of aryl methyl sites for hydroxylation is 1. The Bertz CT molecular complexity index is 1150. The molecule has 7 nitrogen and oxygen atoms in total. The molecular formula is C27H36ClN3O4S. The summed E-state index contributed by atoms with van der Waals surface area (Å²) in [4.78, 5) is 28.0. The summed E-state index contributed by atoms with van der Waals surface area (Å²) in [5.74, 6) is -0.363. The van der Waals surface area contributed by atoms with Crippen LogP contribution in [0.5, 0.6) is 0 Å². The maximum Gasteiger partial charge on any atom is 0.242 e. The number of hydrogen-bond donors (Lipinski definition) is 1. The molecule has 1 atom stereocenters. The fourth-order valence-electron chi connectivity index (χ4n) is 4.55. The minimum Gasteiger partial charge on any atom is -0.352 e. The predicted octanol–water partition coefficient (Wildman–Crippen LogP) is 4.67. The highest BCUT2D eigenvalue weighted by Gasteiger charge is 2.28. The lowest BCUT2D eigenvalue weighted by molar-refractivity contribution is -0.141. The molecule has 0 saturated heterocycles. The van der Waals surface area contributed by atoms with Gasteiger partial charge in [0.05, 0.1) is 11.9 Å². The molecule has 2 amide bonds. The van der Waals surface area contributed by atoms with E-state index in [9.17, 15) is 18.0 Å². The van der Waals surface area contributed by atoms with Gasteiger partial charge in [-0.1, -0.05) is 48.7 Å². The van der Waals surface area contributed by atoms with Crippen LogP contribution in [0.3, 0.4) is 0 Å². The highest BCUT2D eigenvalue weighted by molar-refractivity contribution is 7.92. The fourth-order valence-corrected chi connectivity index (χ4v) is 5.63. The van der Waals surface area contributed by atoms with Gasteiger partial charge in [-0.05, 0) is 68.5 Å². The Kier molecular flexibility index (Phi) is 9.79. The highest BCUT2D eigenvalue weighted by Crippen LogP contribution is 2.21. The van der Waals surface area contributed by atoms with Crippen molar-refractivity contribution in [3.63, 3.8) is 0 Å². The number of hydrogen-bond acceptors (Lipinski definition) is 4. The predicted molar refractivity (Wildman–Crippen MR) is 144 cm³/mol. The third-order valence-electron chi connectivity index (χ3n) is 6.58. The SMILES string of the molecule is Cc1cccc(N(CCCC(=O)N(Cc2ccc(Cl)cc2)[C@@H](C)C(=O)NC2CCCC2)S(C)(=O)=O)c1. The zero-order valence-electron chi connectivity index (χ0n) is 21.2. The van der Waals surface area contributed by atoms with Gasteiger partial charge in [0.15, 0.2) is 0 Å². The average molecular weight is 534 g/mol. The molecular weight excluding hydrogens is 498 g/mol. The molecule has 0 heterocycles. The van der Waals surface area contributed by atoms with Gasteiger partial charge in [-0.15, -0.1) is 0 Å². The van der Waals surface area contributed by atoms with Crippen molar-refractivity contribution < 1.29 is 18.0 Å². The number of carbonyl (C=O) groups is 2. The fraction of sp³-hybridized carbons (Fsp3) is 0.481. The number of halogens is 1. The van der Waals surface area contributed by atoms with E-state index in [1.807, 2.05) is 37.3 Å². The average Bonchev–Trinajstić information content (AvgIpc) is 3.33. The minimum absolute atomic E-state index is 0.118. The van der Waals surface area contributed by atoms with Gasteiger partial charge in [-0.2, -0.15) is 0 Å². The zero-order chi connectivity index (χ0) is 26.3. The first-order valence-electron chi connectivity index (χ1n) is 12.4. The number of benzene rings is 2. The van der Waals surface area contributed by atoms with Crippen LogP contribution in [0.1, 0.15) is 56.6 Å². The molecule has 0 radical (unpaired) electrons. The van der Waals surface area contributed by atoms with Gasteiger partial charge in [-0.25, -0.2) is 8.42 Å². The monoisotopic (exact) mass is 533 g/mol. The first kappa shape index (κ1) is 28.0. The molecule has 2 aromatic rings. The highest BCUT2D eigenvalue weighted by atomic mass is 35.5. The normalized spacial score (nSPS) is 14.9. The zero-order valence-corrected chi connectivity index (χ0v) is 22.8. The van der Waals surface area contributed by atoms with Crippen molar-refractivity contribution >= 4 is 39.1 Å². The Labute approximate surface area is 219 Å². The Morgan fingerprint density at radius 2 is 1.78 bits per heavy atom. The van der Waals surface area contributed by atoms with Crippen LogP contribution in [0.15, 0.2) is 48.5 Å². The Balaban J connectivity index is 1.71. The molecule has 9 heteroatoms. The number of sulfonamides is 1. The number of anilines is 1. The van der Waals surface area contributed by atoms with E-state index >= 15 is 0 Å². The van der Waals surface area contributed by atoms with Crippen molar-refractivity contribution in [2.75, 3.05) is 17.1 Å². The summed E-state index contributed by atoms with van der Waals surface area (Å²) in [6.07, 6.45) is 5.74. The lowest BCUT2D eigenvalue weighted by atomic mass is 10.1. The van der Waals surface area contributed by atoms with Gasteiger partial charge in [0.1, 0.15) is 6.04 Å². The molecule has 1 fully saturated rings. The number of nitrogens with zero attached hydrogens (tertiary/aromatic N) is 2. The maximum atomic E-state index is 13.4. The molecule has 0 aromatic heterocycles. The van der Waals surface area contributed by atoms with Crippen LogP contribution in [0, 0.1) is 6.92 Å². The number of nitrogens with one attached hydrogen (secondary N) is 1. The van der Waals surface area contributed by atoms with Gasteiger partial charge >= 0.3 is 0 Å². The van der Waals surface area contributed by atoms with E-state index in [1.165, 1.54) is 10.6 Å². The Morgan fingerprint density at radius 1 is 1.11 bits per heavy atom. The number of rotatable bonds is 11. The van der Waals surface area contributed by atoms with E-state index in [0.717, 1.165) is 36.8 Å². The van der Waals surface area contributed by atoms with Gasteiger partial charge in [0.25, 0.3) is 0 Å². The molecule has 2 aromatic carbocycles. The van der Waals surface area contributed by atoms with Gasteiger partial charge in [-0.3, -0.25) is 13.9 Å². The van der Waals surface area contributed by atoms with Crippen molar-refractivity contribution in [1.82, 2.24) is 10.2 Å². The van der Waals surface area contributed by atoms with Crippen LogP contribution in [0.4, 0.5) is 5.69 Å². The second-order valence-corrected chi connectivity index (χ2v) is 11.9. The van der Waals surface area contributed by atoms with Crippen LogP contribution in [-0.2, 0) is 26.2 Å². The van der Waals surface area contributed by atoms with Gasteiger partial charge in [0, 0.05) is 30.6 Å². The topological polar surface area (TPSA) is 86.8 Å². The molecule has 196 valence electrons. The van der Waals surface area contributed by atoms with E-state index < -0.39 is 16.1 Å². The van der Waals surface area contributed by atoms with Gasteiger partial charge in [0.2, 0.25) is 21.8 Å². The van der Waals surface area contributed by atoms with E-state index in [1.54, 1.807) is 30.0 Å². The lowest BCUT2D eigenvalue weighted by Gasteiger charge is -2.30. The summed E-state index contributed by atoms with van der Waals surface area (Å²) < 4.78 is 26.2. The molecule has 3 rings (SSSR count). The smallest absolute Gasteiger partial charge is 0.242 e. The summed E-state index contributed by atoms with van der Waals surface area (Å²) in [5.41, 5.74) is 2.39. The molecule has 1 aliphatic carbocycles. The van der Waals surface area contributed by atoms with E-state index in [-0.39, 0.29) is 37.4 Å². The van der Waals surface area contributed by atoms with Gasteiger partial charge < -0.3 is 10.2 Å². The number of carbonyl (C=O) groups excluding carboxylic acids is 2. The van der Waals surface area contributed by atoms with E-state index in [4.69, 9.17) is 11.6 Å². The standard InChI is InChI=1S/C27H36ClN3O4S/c1-20-8-6-11-25(18-20)31(36(3,34)35)17-7-12-26(32)30(19-22-13-15-23(28)16-14-22)21(2)27(33)29-24-9-4-5-10-24/h6,8,11,13-16,18,21,24H,4-5,7,9-10,12,17,19H2,1-3H3,(H,29,33)/t21-/m0/s1. The molecule has 1 saturated carbocycles. The summed E-state index contributed by atoms with van der Waals surface area (Å²) in [7, 11) is -3.52. The summed E-state index contributed by atoms with van der Waals surface area (Å²) >= 11 is 6.02. The van der Waals surface area contributed by atoms with E-state index in [2.05, 4.69) is 5.32 Å². The largest absolute Gasteiger partial charge is 0.352 e. The van der Waals surface area contributed by atoms with Crippen LogP contribution >= 0.6 is 11.6 Å². The van der Waals surface area contributed by atoms with Crippen LogP contribution < -0.4 is 9.62 Å². The van der Waals surface area contributed by atoms with Crippen LogP contribution in [-0.4, -0.2) is 50.0 Å². The summed E-state index contributed by atoms with van der Waals surface area (Å²) in [6, 6.07) is 14.0. The van der Waals surface area contributed by atoms with Crippen LogP contribution in [0.2, 0.25) is 5.02 Å². The van der Waals surface area contributed by atoms with Crippen molar-refractivity contribution in [3.8, 4) is 0 Å². The van der Waals surface area contributed by atoms with Crippen molar-refractivity contribution in [2.24, 2.45) is 0 Å². The van der Waals surface area contributed by atoms with Crippen molar-refractivity contribution in [2.45, 2.75) is 71.0 Å². The molecule has 0 spiro atoms. The first-order chi connectivity index (χ1) is 17.0. The first-order valence-corrected chi connectivity index (χ1v) is 14.7. The molecule has 36 heavy (non-hydrogen) atoms.